The normalized spacial score (nSPS) is 13.9. The second-order valence-corrected chi connectivity index (χ2v) is 9.15. The first-order chi connectivity index (χ1) is 9.34. The highest BCUT2D eigenvalue weighted by Gasteiger charge is 2.25. The van der Waals surface area contributed by atoms with Crippen LogP contribution in [-0.2, 0) is 9.05 Å². The summed E-state index contributed by atoms with van der Waals surface area (Å²) >= 11 is 2.91. The van der Waals surface area contributed by atoms with Crippen LogP contribution in [-0.4, -0.2) is 20.4 Å². The van der Waals surface area contributed by atoms with E-state index in [9.17, 15) is 17.6 Å². The summed E-state index contributed by atoms with van der Waals surface area (Å²) < 4.78 is 36.7. The van der Waals surface area contributed by atoms with E-state index in [1.165, 1.54) is 0 Å². The Kier molecular flexibility index (Phi) is 5.45. The quantitative estimate of drug-likeness (QED) is 0.787. The summed E-state index contributed by atoms with van der Waals surface area (Å²) in [5, 5.41) is 2.64. The molecule has 1 amide bonds. The molecule has 0 bridgehead atoms. The van der Waals surface area contributed by atoms with Gasteiger partial charge in [-0.25, -0.2) is 12.8 Å². The van der Waals surface area contributed by atoms with E-state index < -0.39 is 20.8 Å². The third kappa shape index (κ3) is 4.66. The Bertz CT molecular complexity index is 671. The molecular formula is C13H16BrClFNO3S. The van der Waals surface area contributed by atoms with Crippen LogP contribution in [0.15, 0.2) is 21.5 Å². The smallest absolute Gasteiger partial charge is 0.262 e. The summed E-state index contributed by atoms with van der Waals surface area (Å²) in [5.74, 6) is -1.52. The molecule has 0 aliphatic carbocycles. The molecule has 1 N–H and O–H groups in total. The first-order valence-electron chi connectivity index (χ1n) is 6.08. The van der Waals surface area contributed by atoms with Crippen LogP contribution in [0.1, 0.15) is 38.1 Å². The van der Waals surface area contributed by atoms with Gasteiger partial charge in [0, 0.05) is 21.2 Å². The van der Waals surface area contributed by atoms with E-state index >= 15 is 0 Å². The Balaban J connectivity index is 3.23. The van der Waals surface area contributed by atoms with E-state index in [0.717, 1.165) is 12.1 Å². The minimum Gasteiger partial charge on any atom is -0.349 e. The highest BCUT2D eigenvalue weighted by Crippen LogP contribution is 2.28. The van der Waals surface area contributed by atoms with Crippen LogP contribution in [0.2, 0.25) is 0 Å². The highest BCUT2D eigenvalue weighted by molar-refractivity contribution is 9.10. The van der Waals surface area contributed by atoms with Crippen LogP contribution in [0.4, 0.5) is 4.39 Å². The number of hydrogen-bond acceptors (Lipinski definition) is 3. The Morgan fingerprint density at radius 3 is 2.33 bits per heavy atom. The Hall–Kier alpha value is -0.660. The van der Waals surface area contributed by atoms with Gasteiger partial charge < -0.3 is 5.32 Å². The number of carbonyl (C=O) groups excluding carboxylic acids is 1. The summed E-state index contributed by atoms with van der Waals surface area (Å²) in [4.78, 5) is 11.8. The molecule has 0 aromatic heterocycles. The zero-order valence-electron chi connectivity index (χ0n) is 12.0. The van der Waals surface area contributed by atoms with E-state index in [2.05, 4.69) is 21.2 Å². The van der Waals surface area contributed by atoms with Crippen molar-refractivity contribution in [3.63, 3.8) is 0 Å². The molecular weight excluding hydrogens is 385 g/mol. The molecule has 0 saturated heterocycles. The van der Waals surface area contributed by atoms with Gasteiger partial charge in [0.15, 0.2) is 0 Å². The molecule has 0 aliphatic rings. The average molecular weight is 401 g/mol. The molecule has 118 valence electrons. The van der Waals surface area contributed by atoms with Gasteiger partial charge >= 0.3 is 0 Å². The molecule has 1 unspecified atom stereocenters. The van der Waals surface area contributed by atoms with Crippen molar-refractivity contribution >= 4 is 41.6 Å². The van der Waals surface area contributed by atoms with Crippen molar-refractivity contribution in [3.05, 3.63) is 28.0 Å². The lowest BCUT2D eigenvalue weighted by molar-refractivity contribution is 0.0905. The minimum absolute atomic E-state index is 0.0320. The number of halogens is 3. The Morgan fingerprint density at radius 1 is 1.38 bits per heavy atom. The molecule has 21 heavy (non-hydrogen) atoms. The maximum absolute atomic E-state index is 13.9. The first-order valence-corrected chi connectivity index (χ1v) is 9.19. The van der Waals surface area contributed by atoms with Crippen LogP contribution in [0.25, 0.3) is 0 Å². The number of hydrogen-bond donors (Lipinski definition) is 1. The second-order valence-electron chi connectivity index (χ2n) is 5.76. The summed E-state index contributed by atoms with van der Waals surface area (Å²) in [6.45, 7) is 7.55. The van der Waals surface area contributed by atoms with Crippen molar-refractivity contribution in [1.29, 1.82) is 0 Å². The molecule has 1 aromatic rings. The molecule has 0 aliphatic heterocycles. The zero-order chi connectivity index (χ0) is 16.6. The van der Waals surface area contributed by atoms with Crippen LogP contribution >= 0.6 is 26.6 Å². The molecule has 0 saturated carbocycles. The Morgan fingerprint density at radius 2 is 1.90 bits per heavy atom. The monoisotopic (exact) mass is 399 g/mol. The predicted molar refractivity (Wildman–Crippen MR) is 83.5 cm³/mol. The van der Waals surface area contributed by atoms with Crippen LogP contribution in [0.3, 0.4) is 0 Å². The third-order valence-corrected chi connectivity index (χ3v) is 5.46. The van der Waals surface area contributed by atoms with Gasteiger partial charge in [0.1, 0.15) is 5.82 Å². The van der Waals surface area contributed by atoms with Gasteiger partial charge in [0.2, 0.25) is 0 Å². The summed E-state index contributed by atoms with van der Waals surface area (Å²) in [5.41, 5.74) is -0.586. The highest BCUT2D eigenvalue weighted by atomic mass is 79.9. The lowest BCUT2D eigenvalue weighted by atomic mass is 9.88. The van der Waals surface area contributed by atoms with Gasteiger partial charge in [0.25, 0.3) is 15.0 Å². The van der Waals surface area contributed by atoms with E-state index in [4.69, 9.17) is 10.7 Å². The van der Waals surface area contributed by atoms with Crippen LogP contribution in [0.5, 0.6) is 0 Å². The fraction of sp³-hybridized carbons (Fsp3) is 0.462. The Labute approximate surface area is 136 Å². The van der Waals surface area contributed by atoms with Gasteiger partial charge in [-0.05, 0) is 40.4 Å². The molecule has 1 aromatic carbocycles. The fourth-order valence-electron chi connectivity index (χ4n) is 1.38. The summed E-state index contributed by atoms with van der Waals surface area (Å²) in [7, 11) is 1.17. The van der Waals surface area contributed by atoms with Crippen molar-refractivity contribution in [2.75, 3.05) is 0 Å². The van der Waals surface area contributed by atoms with Gasteiger partial charge in [0.05, 0.1) is 10.5 Å². The second kappa shape index (κ2) is 6.22. The van der Waals surface area contributed by atoms with Gasteiger partial charge in [-0.3, -0.25) is 4.79 Å². The lowest BCUT2D eigenvalue weighted by Crippen LogP contribution is -2.41. The standard InChI is InChI=1S/C13H16BrClFNO3S/c1-7(13(2,3)4)17-12(18)8-5-11(21(15,19)20)9(14)6-10(8)16/h5-7H,1-4H3,(H,17,18). The van der Waals surface area contributed by atoms with Crippen molar-refractivity contribution in [3.8, 4) is 0 Å². The lowest BCUT2D eigenvalue weighted by Gasteiger charge is -2.28. The maximum Gasteiger partial charge on any atom is 0.262 e. The molecule has 1 rings (SSSR count). The van der Waals surface area contributed by atoms with E-state index in [1.54, 1.807) is 6.92 Å². The molecule has 0 heterocycles. The van der Waals surface area contributed by atoms with E-state index in [1.807, 2.05) is 20.8 Å². The van der Waals surface area contributed by atoms with Gasteiger partial charge in [-0.1, -0.05) is 20.8 Å². The van der Waals surface area contributed by atoms with Crippen LogP contribution < -0.4 is 5.32 Å². The summed E-state index contributed by atoms with van der Waals surface area (Å²) in [6, 6.07) is 1.60. The number of carbonyl (C=O) groups is 1. The molecule has 0 fully saturated rings. The molecule has 4 nitrogen and oxygen atoms in total. The minimum atomic E-state index is -4.08. The number of nitrogens with one attached hydrogen (secondary N) is 1. The van der Waals surface area contributed by atoms with Crippen molar-refractivity contribution in [2.45, 2.75) is 38.6 Å². The fourth-order valence-corrected chi connectivity index (χ4v) is 3.55. The van der Waals surface area contributed by atoms with Crippen molar-refractivity contribution in [1.82, 2.24) is 5.32 Å². The van der Waals surface area contributed by atoms with Crippen molar-refractivity contribution < 1.29 is 17.6 Å². The molecule has 0 spiro atoms. The predicted octanol–water partition coefficient (Wildman–Crippen LogP) is 3.68. The molecule has 0 radical (unpaired) electrons. The topological polar surface area (TPSA) is 63.2 Å². The van der Waals surface area contributed by atoms with Gasteiger partial charge in [-0.2, -0.15) is 0 Å². The van der Waals surface area contributed by atoms with Gasteiger partial charge in [-0.15, -0.1) is 0 Å². The summed E-state index contributed by atoms with van der Waals surface area (Å²) in [6.07, 6.45) is 0. The molecule has 8 heteroatoms. The third-order valence-electron chi connectivity index (χ3n) is 3.18. The zero-order valence-corrected chi connectivity index (χ0v) is 15.2. The largest absolute Gasteiger partial charge is 0.349 e. The first kappa shape index (κ1) is 18.4. The number of rotatable bonds is 3. The number of amides is 1. The van der Waals surface area contributed by atoms with E-state index in [0.29, 0.717) is 0 Å². The SMILES string of the molecule is CC(NC(=O)c1cc(S(=O)(=O)Cl)c(Br)cc1F)C(C)(C)C. The molecule has 1 atom stereocenters. The maximum atomic E-state index is 13.9. The van der Waals surface area contributed by atoms with Crippen LogP contribution in [0, 0.1) is 11.2 Å². The average Bonchev–Trinajstić information content (AvgIpc) is 2.25. The van der Waals surface area contributed by atoms with Crippen molar-refractivity contribution in [2.24, 2.45) is 5.41 Å². The van der Waals surface area contributed by atoms with E-state index in [-0.39, 0.29) is 26.4 Å². The number of benzene rings is 1.